The van der Waals surface area contributed by atoms with Crippen LogP contribution >= 0.6 is 0 Å². The summed E-state index contributed by atoms with van der Waals surface area (Å²) in [6, 6.07) is 19.4. The van der Waals surface area contributed by atoms with Crippen molar-refractivity contribution in [2.45, 2.75) is 0 Å². The van der Waals surface area contributed by atoms with Gasteiger partial charge in [-0.25, -0.2) is 13.7 Å². The molecule has 0 unspecified atom stereocenters. The molecule has 4 aromatic rings. The largest absolute Gasteiger partial charge is 1.00 e. The van der Waals surface area contributed by atoms with Gasteiger partial charge in [0.2, 0.25) is 0 Å². The van der Waals surface area contributed by atoms with Gasteiger partial charge in [0, 0.05) is 54.8 Å². The predicted molar refractivity (Wildman–Crippen MR) is 142 cm³/mol. The maximum absolute atomic E-state index is 10.5. The second kappa shape index (κ2) is 13.2. The van der Waals surface area contributed by atoms with E-state index in [-0.39, 0.29) is 30.6 Å². The molecule has 1 aliphatic heterocycles. The third-order valence-electron chi connectivity index (χ3n) is 6.51. The summed E-state index contributed by atoms with van der Waals surface area (Å²) in [6.45, 7) is 3.47. The van der Waals surface area contributed by atoms with Crippen molar-refractivity contribution in [2.24, 2.45) is 41.6 Å². The van der Waals surface area contributed by atoms with Crippen molar-refractivity contribution in [3.05, 3.63) is 79.3 Å². The van der Waals surface area contributed by atoms with E-state index < -0.39 is 0 Å². The maximum atomic E-state index is 10.5. The molecule has 0 atom stereocenters. The Bertz CT molecular complexity index is 1430. The molecule has 12 heteroatoms. The molecule has 39 heavy (non-hydrogen) atoms. The van der Waals surface area contributed by atoms with Crippen molar-refractivity contribution >= 4 is 34.5 Å². The van der Waals surface area contributed by atoms with E-state index in [9.17, 15) is 5.11 Å². The van der Waals surface area contributed by atoms with Crippen LogP contribution in [0.15, 0.2) is 99.7 Å². The lowest BCUT2D eigenvalue weighted by Gasteiger charge is -2.37. The van der Waals surface area contributed by atoms with Gasteiger partial charge in [0.05, 0.1) is 44.8 Å². The molecule has 10 nitrogen and oxygen atoms in total. The van der Waals surface area contributed by atoms with Gasteiger partial charge in [0.1, 0.15) is 11.4 Å². The first kappa shape index (κ1) is 29.5. The Morgan fingerprint density at radius 1 is 0.718 bits per heavy atom. The van der Waals surface area contributed by atoms with E-state index >= 15 is 0 Å². The summed E-state index contributed by atoms with van der Waals surface area (Å²) >= 11 is 0. The van der Waals surface area contributed by atoms with Crippen LogP contribution in [-0.2, 0) is 21.1 Å². The summed E-state index contributed by atoms with van der Waals surface area (Å²) in [5.41, 5.74) is 3.41. The molecule has 3 heterocycles. The Balaban J connectivity index is 0.00000210. The number of rotatable bonds is 6. The molecule has 0 amide bonds. The first-order valence-corrected chi connectivity index (χ1v) is 12.2. The highest BCUT2D eigenvalue weighted by Crippen LogP contribution is 2.33. The average Bonchev–Trinajstić information content (AvgIpc) is 3.24. The standard InChI is InChI=1S/C27H30N9O.2ClH/c1-32-13-5-4-6-26(32)30-29-24-12-11-23(20-25(24)37)36-18-16-35(17-19-36)22-9-7-21(8-10-22)28-31-27-33(2)14-15-34(27)3;;/h4-15,20H,16-19H2,1-3H3;2*1H/q+1;;/p-1. The number of hydrogen-bond donors (Lipinski definition) is 1. The normalized spacial score (nSPS) is 13.5. The molecule has 2 aromatic carbocycles. The number of pyridine rings is 1. The van der Waals surface area contributed by atoms with Crippen molar-refractivity contribution in [1.29, 1.82) is 0 Å². The van der Waals surface area contributed by atoms with Gasteiger partial charge in [-0.1, -0.05) is 11.2 Å². The van der Waals surface area contributed by atoms with Crippen molar-refractivity contribution in [1.82, 2.24) is 4.57 Å². The fraction of sp³-hybridized carbons (Fsp3) is 0.259. The monoisotopic (exact) mass is 567 g/mol. The summed E-state index contributed by atoms with van der Waals surface area (Å²) in [5.74, 6) is 1.62. The summed E-state index contributed by atoms with van der Waals surface area (Å²) in [7, 11) is 5.80. The molecule has 0 aliphatic carbocycles. The van der Waals surface area contributed by atoms with Crippen LogP contribution in [0.3, 0.4) is 0 Å². The highest BCUT2D eigenvalue weighted by Gasteiger charge is 2.19. The van der Waals surface area contributed by atoms with Crippen molar-refractivity contribution in [3.63, 3.8) is 0 Å². The van der Waals surface area contributed by atoms with Crippen molar-refractivity contribution < 1.29 is 39.1 Å². The van der Waals surface area contributed by atoms with Gasteiger partial charge in [-0.3, -0.25) is 0 Å². The second-order valence-corrected chi connectivity index (χ2v) is 9.05. The number of halogens is 2. The molecular formula is C27H31Cl2N9O. The molecule has 0 saturated carbocycles. The zero-order chi connectivity index (χ0) is 25.8. The van der Waals surface area contributed by atoms with Crippen LogP contribution in [0.5, 0.6) is 5.75 Å². The third-order valence-corrected chi connectivity index (χ3v) is 6.51. The summed E-state index contributed by atoms with van der Waals surface area (Å²) in [5, 5.41) is 27.8. The van der Waals surface area contributed by atoms with E-state index in [2.05, 4.69) is 42.4 Å². The van der Waals surface area contributed by atoms with Crippen LogP contribution in [0.1, 0.15) is 0 Å². The Kier molecular flexibility index (Phi) is 9.97. The lowest BCUT2D eigenvalue weighted by molar-refractivity contribution is -0.658. The zero-order valence-corrected chi connectivity index (χ0v) is 23.6. The van der Waals surface area contributed by atoms with Crippen LogP contribution in [0.25, 0.3) is 0 Å². The average molecular weight is 569 g/mol. The Morgan fingerprint density at radius 3 is 2.00 bits per heavy atom. The Hall–Kier alpha value is -4.02. The quantitative estimate of drug-likeness (QED) is 0.228. The van der Waals surface area contributed by atoms with Gasteiger partial charge in [-0.15, -0.1) is 0 Å². The zero-order valence-electron chi connectivity index (χ0n) is 22.1. The van der Waals surface area contributed by atoms with Crippen molar-refractivity contribution in [3.8, 4) is 5.75 Å². The number of anilines is 2. The Labute approximate surface area is 240 Å². The molecular weight excluding hydrogens is 537 g/mol. The topological polar surface area (TPSA) is 88.8 Å². The minimum absolute atomic E-state index is 0. The lowest BCUT2D eigenvalue weighted by Crippen LogP contribution is -3.00. The SMILES string of the molecule is Cn1cc[n+](C)c1N=Nc1ccc(N2CCN(c3ccc(N=Nc4cccc[n+]4C)c(O)c3)CC2)cc1.[Cl-].[Cl-]. The van der Waals surface area contributed by atoms with Crippen LogP contribution in [0, 0.1) is 0 Å². The summed E-state index contributed by atoms with van der Waals surface area (Å²) < 4.78 is 5.73. The molecule has 1 N–H and O–H groups in total. The molecule has 1 aliphatic rings. The number of hydrogen-bond acceptors (Lipinski definition) is 7. The molecule has 0 bridgehead atoms. The first-order valence-electron chi connectivity index (χ1n) is 12.2. The highest BCUT2D eigenvalue weighted by molar-refractivity contribution is 5.62. The lowest BCUT2D eigenvalue weighted by atomic mass is 10.2. The van der Waals surface area contributed by atoms with E-state index in [0.717, 1.165) is 49.2 Å². The summed E-state index contributed by atoms with van der Waals surface area (Å²) in [6.07, 6.45) is 5.80. The van der Waals surface area contributed by atoms with Crippen LogP contribution in [0.2, 0.25) is 0 Å². The van der Waals surface area contributed by atoms with E-state index in [1.807, 2.05) is 95.9 Å². The van der Waals surface area contributed by atoms with Gasteiger partial charge < -0.3 is 39.7 Å². The minimum Gasteiger partial charge on any atom is -1.00 e. The number of phenols is 1. The molecule has 0 radical (unpaired) electrons. The van der Waals surface area contributed by atoms with Gasteiger partial charge in [-0.2, -0.15) is 0 Å². The number of nitrogens with zero attached hydrogens (tertiary/aromatic N) is 9. The predicted octanol–water partition coefficient (Wildman–Crippen LogP) is -1.45. The second-order valence-electron chi connectivity index (χ2n) is 9.05. The third kappa shape index (κ3) is 6.90. The van der Waals surface area contributed by atoms with Gasteiger partial charge in [0.25, 0.3) is 0 Å². The number of imidazole rings is 1. The van der Waals surface area contributed by atoms with E-state index in [1.54, 1.807) is 6.07 Å². The number of aromatic hydroxyl groups is 1. The van der Waals surface area contributed by atoms with Crippen LogP contribution in [-0.4, -0.2) is 35.9 Å². The molecule has 5 rings (SSSR count). The molecule has 204 valence electrons. The number of benzene rings is 2. The fourth-order valence-electron chi connectivity index (χ4n) is 4.30. The van der Waals surface area contributed by atoms with Crippen molar-refractivity contribution in [2.75, 3.05) is 36.0 Å². The Morgan fingerprint density at radius 2 is 1.38 bits per heavy atom. The first-order chi connectivity index (χ1) is 18.0. The van der Waals surface area contributed by atoms with Crippen LogP contribution < -0.4 is 43.7 Å². The number of aryl methyl sites for hydroxylation is 3. The van der Waals surface area contributed by atoms with E-state index in [4.69, 9.17) is 0 Å². The molecule has 1 fully saturated rings. The number of piperazine rings is 1. The molecule has 2 aromatic heterocycles. The molecule has 0 spiro atoms. The minimum atomic E-state index is 0. The smallest absolute Gasteiger partial charge is 0.421 e. The van der Waals surface area contributed by atoms with Gasteiger partial charge in [0.15, 0.2) is 5.69 Å². The highest BCUT2D eigenvalue weighted by atomic mass is 35.5. The fourth-order valence-corrected chi connectivity index (χ4v) is 4.30. The number of aromatic nitrogens is 3. The van der Waals surface area contributed by atoms with E-state index in [0.29, 0.717) is 11.5 Å². The molecule has 1 saturated heterocycles. The van der Waals surface area contributed by atoms with Crippen LogP contribution in [0.4, 0.5) is 34.5 Å². The summed E-state index contributed by atoms with van der Waals surface area (Å²) in [4.78, 5) is 4.63. The number of phenolic OH excluding ortho intramolecular Hbond substituents is 1. The maximum Gasteiger partial charge on any atom is 0.421 e. The van der Waals surface area contributed by atoms with Gasteiger partial charge in [-0.05, 0) is 47.6 Å². The number of azo groups is 2. The van der Waals surface area contributed by atoms with Gasteiger partial charge >= 0.3 is 11.8 Å². The van der Waals surface area contributed by atoms with E-state index in [1.165, 1.54) is 0 Å².